The topological polar surface area (TPSA) is 62.7 Å². The summed E-state index contributed by atoms with van der Waals surface area (Å²) in [5.74, 6) is 0.00227. The molecular weight excluding hydrogens is 908 g/mol. The molecule has 0 radical (unpaired) electrons. The van der Waals surface area contributed by atoms with Gasteiger partial charge in [0, 0.05) is 42.8 Å². The predicted octanol–water partition coefficient (Wildman–Crippen LogP) is 13.1. The Bertz CT molecular complexity index is 3050. The van der Waals surface area contributed by atoms with Gasteiger partial charge in [-0.1, -0.05) is 123 Å². The number of hydrogen-bond acceptors (Lipinski definition) is 4. The predicted molar refractivity (Wildman–Crippen MR) is 238 cm³/mol. The number of ether oxygens (including phenoxy) is 1. The van der Waals surface area contributed by atoms with Gasteiger partial charge in [-0.05, 0) is 62.5 Å². The number of para-hydroxylation sites is 2. The molecular formula is C51H50N6OPt. The minimum atomic E-state index is -0.888. The molecule has 0 aliphatic carbocycles. The molecule has 0 N–H and O–H groups in total. The number of hydrogen-bond donors (Lipinski definition) is 0. The van der Waals surface area contributed by atoms with E-state index in [1.165, 1.54) is 5.56 Å². The first kappa shape index (κ1) is 37.7. The number of pyridine rings is 1. The Morgan fingerprint density at radius 3 is 1.86 bits per heavy atom. The van der Waals surface area contributed by atoms with Gasteiger partial charge in [-0.3, -0.25) is 0 Å². The zero-order chi connectivity index (χ0) is 42.5. The van der Waals surface area contributed by atoms with Gasteiger partial charge >= 0.3 is 21.1 Å². The van der Waals surface area contributed by atoms with E-state index in [1.54, 1.807) is 17.2 Å². The average Bonchev–Trinajstić information content (AvgIpc) is 3.91. The molecule has 300 valence electrons. The van der Waals surface area contributed by atoms with Crippen molar-refractivity contribution < 1.29 is 28.5 Å². The molecule has 9 aromatic rings. The van der Waals surface area contributed by atoms with Crippen LogP contribution < -0.4 is 4.74 Å². The van der Waals surface area contributed by atoms with Gasteiger partial charge < -0.3 is 13.9 Å². The average molecular weight is 960 g/mol. The van der Waals surface area contributed by atoms with E-state index in [-0.39, 0.29) is 31.9 Å². The minimum absolute atomic E-state index is 0. The fourth-order valence-corrected chi connectivity index (χ4v) is 8.12. The summed E-state index contributed by atoms with van der Waals surface area (Å²) in [6.45, 7) is 20.9. The summed E-state index contributed by atoms with van der Waals surface area (Å²) in [6, 6.07) is 38.4. The van der Waals surface area contributed by atoms with Gasteiger partial charge in [0.2, 0.25) is 0 Å². The van der Waals surface area contributed by atoms with E-state index in [0.29, 0.717) is 23.0 Å². The Labute approximate surface area is 364 Å². The molecule has 0 fully saturated rings. The van der Waals surface area contributed by atoms with Crippen LogP contribution in [0.1, 0.15) is 106 Å². The third-order valence-corrected chi connectivity index (χ3v) is 11.2. The minimum Gasteiger partial charge on any atom is -0.509 e. The van der Waals surface area contributed by atoms with Crippen molar-refractivity contribution in [3.8, 4) is 28.7 Å². The molecule has 4 aromatic heterocycles. The van der Waals surface area contributed by atoms with Crippen molar-refractivity contribution in [3.05, 3.63) is 144 Å². The van der Waals surface area contributed by atoms with Crippen LogP contribution in [0.4, 0.5) is 0 Å². The maximum absolute atomic E-state index is 9.26. The first-order chi connectivity index (χ1) is 28.3. The number of aromatic nitrogens is 6. The van der Waals surface area contributed by atoms with E-state index in [0.717, 1.165) is 66.0 Å². The summed E-state index contributed by atoms with van der Waals surface area (Å²) >= 11 is 0. The fourth-order valence-electron chi connectivity index (χ4n) is 8.12. The summed E-state index contributed by atoms with van der Waals surface area (Å²) in [5.41, 5.74) is 9.18. The standard InChI is InChI=1S/C51H50N6O.Pt/c1-31(2)39-13-11-15-42-43-16-12-14-40(32(3)4)49(43)55(48(39)42)35-21-22-52-47(29-35)56-45-20-17-33(50(5,6)7)27-44(45)41-19-18-37(30-46(41)56)58-38-26-34(51(8,9)10)25-36(28-38)57-53-23-24-54-57;/h11-27,29,31-32H,1-10H3;/q-2;+2/i31D,32D;. The summed E-state index contributed by atoms with van der Waals surface area (Å²) in [7, 11) is 0. The smallest absolute Gasteiger partial charge is 0.509 e. The molecule has 5 aromatic carbocycles. The van der Waals surface area contributed by atoms with Crippen LogP contribution in [0.2, 0.25) is 0 Å². The van der Waals surface area contributed by atoms with Gasteiger partial charge in [0.15, 0.2) is 0 Å². The maximum Gasteiger partial charge on any atom is 2.00 e. The van der Waals surface area contributed by atoms with Crippen molar-refractivity contribution in [3.63, 3.8) is 0 Å². The number of benzene rings is 5. The van der Waals surface area contributed by atoms with Crippen molar-refractivity contribution in [1.82, 2.24) is 29.1 Å². The van der Waals surface area contributed by atoms with E-state index in [2.05, 4.69) is 128 Å². The molecule has 0 amide bonds. The summed E-state index contributed by atoms with van der Waals surface area (Å²) < 4.78 is 29.6. The van der Waals surface area contributed by atoms with Gasteiger partial charge in [0.05, 0.1) is 29.1 Å². The van der Waals surface area contributed by atoms with Gasteiger partial charge in [-0.2, -0.15) is 21.1 Å². The molecule has 0 bridgehead atoms. The van der Waals surface area contributed by atoms with Crippen LogP contribution in [-0.2, 0) is 31.9 Å². The number of nitrogens with zero attached hydrogens (tertiary/aromatic N) is 6. The molecule has 0 saturated heterocycles. The molecule has 0 saturated carbocycles. The van der Waals surface area contributed by atoms with Crippen molar-refractivity contribution in [1.29, 1.82) is 0 Å². The van der Waals surface area contributed by atoms with E-state index >= 15 is 0 Å². The van der Waals surface area contributed by atoms with Crippen LogP contribution in [0.15, 0.2) is 110 Å². The molecule has 0 spiro atoms. The third-order valence-electron chi connectivity index (χ3n) is 11.2. The quantitative estimate of drug-likeness (QED) is 0.149. The molecule has 0 unspecified atom stereocenters. The molecule has 59 heavy (non-hydrogen) atoms. The van der Waals surface area contributed by atoms with Gasteiger partial charge in [0.1, 0.15) is 5.82 Å². The van der Waals surface area contributed by atoms with Crippen molar-refractivity contribution in [2.24, 2.45) is 0 Å². The van der Waals surface area contributed by atoms with Gasteiger partial charge in [0.25, 0.3) is 0 Å². The summed E-state index contributed by atoms with van der Waals surface area (Å²) in [6.07, 6.45) is 5.15. The second kappa shape index (κ2) is 14.9. The maximum atomic E-state index is 9.26. The Morgan fingerprint density at radius 1 is 0.610 bits per heavy atom. The van der Waals surface area contributed by atoms with E-state index in [1.807, 2.05) is 70.3 Å². The molecule has 0 aliphatic rings. The second-order valence-electron chi connectivity index (χ2n) is 17.8. The second-order valence-corrected chi connectivity index (χ2v) is 17.8. The fraction of sp³-hybridized carbons (Fsp3) is 0.275. The molecule has 0 aliphatic heterocycles. The summed E-state index contributed by atoms with van der Waals surface area (Å²) in [4.78, 5) is 6.60. The Kier molecular flexibility index (Phi) is 9.55. The van der Waals surface area contributed by atoms with Crippen molar-refractivity contribution in [2.45, 2.75) is 91.9 Å². The Hall–Kier alpha value is -5.52. The molecule has 8 heteroatoms. The first-order valence-electron chi connectivity index (χ1n) is 20.9. The molecule has 4 heterocycles. The molecule has 0 atom stereocenters. The number of rotatable bonds is 7. The van der Waals surface area contributed by atoms with E-state index < -0.39 is 11.8 Å². The van der Waals surface area contributed by atoms with E-state index in [4.69, 9.17) is 9.72 Å². The normalized spacial score (nSPS) is 13.3. The molecule has 9 rings (SSSR count). The van der Waals surface area contributed by atoms with Crippen LogP contribution >= 0.6 is 0 Å². The number of fused-ring (bicyclic) bond motifs is 6. The van der Waals surface area contributed by atoms with Gasteiger partial charge in [-0.15, -0.1) is 41.3 Å². The largest absolute Gasteiger partial charge is 2.00 e. The van der Waals surface area contributed by atoms with Crippen LogP contribution in [0.3, 0.4) is 0 Å². The zero-order valence-electron chi connectivity index (χ0n) is 37.3. The summed E-state index contributed by atoms with van der Waals surface area (Å²) in [5, 5.41) is 12.9. The van der Waals surface area contributed by atoms with Crippen LogP contribution in [0, 0.1) is 12.1 Å². The van der Waals surface area contributed by atoms with E-state index in [9.17, 15) is 2.74 Å². The van der Waals surface area contributed by atoms with Gasteiger partial charge in [-0.25, -0.2) is 4.98 Å². The van der Waals surface area contributed by atoms with Crippen molar-refractivity contribution >= 4 is 43.6 Å². The molecule has 7 nitrogen and oxygen atoms in total. The van der Waals surface area contributed by atoms with Crippen LogP contribution in [0.5, 0.6) is 11.5 Å². The monoisotopic (exact) mass is 959 g/mol. The Balaban J connectivity index is 0.00000514. The van der Waals surface area contributed by atoms with Crippen LogP contribution in [-0.4, -0.2) is 29.1 Å². The SMILES string of the molecule is [2H]C(C)(C)c1cccc2c3cccc(C([2H])(C)C)c3n(-c3ccnc(-n4c5[c-]c(Oc6[c-]c(-n7nccn7)cc(C(C)(C)C)c6)ccc5c5cc(C(C)(C)C)ccc54)c3)c12.[Pt+2]. The zero-order valence-corrected chi connectivity index (χ0v) is 37.6. The first-order valence-corrected chi connectivity index (χ1v) is 19.9. The Morgan fingerprint density at radius 2 is 1.25 bits per heavy atom. The van der Waals surface area contributed by atoms with Crippen LogP contribution in [0.25, 0.3) is 60.8 Å². The van der Waals surface area contributed by atoms with Crippen molar-refractivity contribution in [2.75, 3.05) is 0 Å². The third kappa shape index (κ3) is 7.07.